The van der Waals surface area contributed by atoms with E-state index in [0.29, 0.717) is 25.9 Å². The predicted octanol–water partition coefficient (Wildman–Crippen LogP) is 2.43. The standard InChI is InChI=1S/C21H25FN4O4S/c22-17-7-1-2-8-18(17)24-20(27)15-6-5-11-26(14-15)31(29,30)16-12-19(23-13-16)21(28)25-9-3-4-10-25/h1-2,7-8,12-13,15,23H,3-6,9-11,14H2,(H,24,27)/t15-/m1/s1. The zero-order valence-corrected chi connectivity index (χ0v) is 17.8. The third-order valence-corrected chi connectivity index (χ3v) is 7.65. The molecule has 0 saturated carbocycles. The second kappa shape index (κ2) is 8.80. The minimum atomic E-state index is -3.87. The van der Waals surface area contributed by atoms with Crippen LogP contribution >= 0.6 is 0 Å². The molecule has 0 unspecified atom stereocenters. The number of para-hydroxylation sites is 1. The summed E-state index contributed by atoms with van der Waals surface area (Å²) in [6.45, 7) is 1.63. The molecule has 1 aromatic heterocycles. The summed E-state index contributed by atoms with van der Waals surface area (Å²) in [5.41, 5.74) is 0.314. The van der Waals surface area contributed by atoms with E-state index in [1.54, 1.807) is 11.0 Å². The molecule has 2 saturated heterocycles. The van der Waals surface area contributed by atoms with Gasteiger partial charge in [0.15, 0.2) is 0 Å². The Kier molecular flexibility index (Phi) is 6.10. The van der Waals surface area contributed by atoms with Crippen LogP contribution in [0.3, 0.4) is 0 Å². The number of halogens is 1. The highest BCUT2D eigenvalue weighted by Gasteiger charge is 2.34. The number of amides is 2. The molecule has 0 aliphatic carbocycles. The Morgan fingerprint density at radius 2 is 1.84 bits per heavy atom. The number of rotatable bonds is 5. The average molecular weight is 449 g/mol. The van der Waals surface area contributed by atoms with E-state index in [9.17, 15) is 22.4 Å². The van der Waals surface area contributed by atoms with Gasteiger partial charge in [-0.2, -0.15) is 4.31 Å². The molecule has 1 aromatic carbocycles. The first-order valence-corrected chi connectivity index (χ1v) is 11.8. The first-order chi connectivity index (χ1) is 14.9. The van der Waals surface area contributed by atoms with Crippen LogP contribution in [0.2, 0.25) is 0 Å². The topological polar surface area (TPSA) is 103 Å². The monoisotopic (exact) mass is 448 g/mol. The van der Waals surface area contributed by atoms with Gasteiger partial charge in [0.25, 0.3) is 5.91 Å². The van der Waals surface area contributed by atoms with Crippen molar-refractivity contribution in [2.45, 2.75) is 30.6 Å². The molecule has 2 N–H and O–H groups in total. The quantitative estimate of drug-likeness (QED) is 0.733. The lowest BCUT2D eigenvalue weighted by Crippen LogP contribution is -2.43. The number of sulfonamides is 1. The Bertz CT molecular complexity index is 1080. The van der Waals surface area contributed by atoms with Crippen molar-refractivity contribution in [2.75, 3.05) is 31.5 Å². The van der Waals surface area contributed by atoms with Crippen molar-refractivity contribution in [1.82, 2.24) is 14.2 Å². The van der Waals surface area contributed by atoms with Crippen molar-refractivity contribution in [3.8, 4) is 0 Å². The van der Waals surface area contributed by atoms with Crippen LogP contribution in [0, 0.1) is 11.7 Å². The summed E-state index contributed by atoms with van der Waals surface area (Å²) in [6, 6.07) is 7.21. The van der Waals surface area contributed by atoms with Gasteiger partial charge in [0.1, 0.15) is 16.4 Å². The average Bonchev–Trinajstić information content (AvgIpc) is 3.48. The Morgan fingerprint density at radius 1 is 1.10 bits per heavy atom. The van der Waals surface area contributed by atoms with Crippen molar-refractivity contribution in [3.05, 3.63) is 48.0 Å². The molecule has 1 atom stereocenters. The number of aromatic nitrogens is 1. The van der Waals surface area contributed by atoms with E-state index in [1.807, 2.05) is 0 Å². The molecule has 10 heteroatoms. The number of aromatic amines is 1. The Morgan fingerprint density at radius 3 is 2.58 bits per heavy atom. The number of likely N-dealkylation sites (tertiary alicyclic amines) is 1. The maximum absolute atomic E-state index is 13.8. The van der Waals surface area contributed by atoms with E-state index >= 15 is 0 Å². The highest BCUT2D eigenvalue weighted by atomic mass is 32.2. The van der Waals surface area contributed by atoms with Crippen molar-refractivity contribution in [1.29, 1.82) is 0 Å². The minimum absolute atomic E-state index is 0.00318. The van der Waals surface area contributed by atoms with E-state index in [4.69, 9.17) is 0 Å². The fraction of sp³-hybridized carbons (Fsp3) is 0.429. The van der Waals surface area contributed by atoms with Crippen LogP contribution in [0.1, 0.15) is 36.2 Å². The lowest BCUT2D eigenvalue weighted by Gasteiger charge is -2.31. The van der Waals surface area contributed by atoms with E-state index in [0.717, 1.165) is 12.8 Å². The zero-order valence-electron chi connectivity index (χ0n) is 17.0. The summed E-state index contributed by atoms with van der Waals surface area (Å²) in [4.78, 5) is 29.6. The van der Waals surface area contributed by atoms with Crippen molar-refractivity contribution < 1.29 is 22.4 Å². The SMILES string of the molecule is O=C(Nc1ccccc1F)[C@@H]1CCCN(S(=O)(=O)c2c[nH]c(C(=O)N3CCCC3)c2)C1. The molecule has 4 rings (SSSR count). The lowest BCUT2D eigenvalue weighted by atomic mass is 9.98. The second-order valence-corrected chi connectivity index (χ2v) is 9.86. The number of hydrogen-bond acceptors (Lipinski definition) is 4. The fourth-order valence-corrected chi connectivity index (χ4v) is 5.58. The number of benzene rings is 1. The third kappa shape index (κ3) is 4.49. The van der Waals surface area contributed by atoms with Crippen LogP contribution in [0.25, 0.3) is 0 Å². The fourth-order valence-electron chi connectivity index (χ4n) is 4.06. The molecule has 31 heavy (non-hydrogen) atoms. The van der Waals surface area contributed by atoms with Gasteiger partial charge < -0.3 is 15.2 Å². The molecule has 0 radical (unpaired) electrons. The van der Waals surface area contributed by atoms with Gasteiger partial charge in [0.05, 0.1) is 11.6 Å². The molecule has 166 valence electrons. The highest BCUT2D eigenvalue weighted by Crippen LogP contribution is 2.26. The predicted molar refractivity (Wildman–Crippen MR) is 112 cm³/mol. The third-order valence-electron chi connectivity index (χ3n) is 5.80. The second-order valence-electron chi connectivity index (χ2n) is 7.92. The molecule has 0 spiro atoms. The first kappa shape index (κ1) is 21.5. The van der Waals surface area contributed by atoms with Crippen LogP contribution in [-0.4, -0.2) is 60.6 Å². The van der Waals surface area contributed by atoms with E-state index in [1.165, 1.54) is 34.8 Å². The minimum Gasteiger partial charge on any atom is -0.356 e. The molecule has 0 bridgehead atoms. The number of nitrogens with one attached hydrogen (secondary N) is 2. The van der Waals surface area contributed by atoms with Gasteiger partial charge in [-0.1, -0.05) is 12.1 Å². The number of piperidine rings is 1. The largest absolute Gasteiger partial charge is 0.356 e. The van der Waals surface area contributed by atoms with Gasteiger partial charge in [0, 0.05) is 32.4 Å². The van der Waals surface area contributed by atoms with Crippen LogP contribution in [0.15, 0.2) is 41.4 Å². The molecule has 2 aliphatic rings. The van der Waals surface area contributed by atoms with E-state index in [-0.39, 0.29) is 35.3 Å². The van der Waals surface area contributed by atoms with Gasteiger partial charge in [-0.05, 0) is 43.9 Å². The molecule has 2 aromatic rings. The summed E-state index contributed by atoms with van der Waals surface area (Å²) in [5, 5.41) is 2.55. The number of carbonyl (C=O) groups excluding carboxylic acids is 2. The summed E-state index contributed by atoms with van der Waals surface area (Å²) < 4.78 is 41.3. The van der Waals surface area contributed by atoms with Crippen LogP contribution < -0.4 is 5.32 Å². The van der Waals surface area contributed by atoms with Gasteiger partial charge in [-0.25, -0.2) is 12.8 Å². The zero-order chi connectivity index (χ0) is 22.0. The Hall–Kier alpha value is -2.72. The van der Waals surface area contributed by atoms with Gasteiger partial charge in [-0.15, -0.1) is 0 Å². The lowest BCUT2D eigenvalue weighted by molar-refractivity contribution is -0.120. The maximum Gasteiger partial charge on any atom is 0.270 e. The molecule has 3 heterocycles. The van der Waals surface area contributed by atoms with Gasteiger partial charge in [-0.3, -0.25) is 9.59 Å². The first-order valence-electron chi connectivity index (χ1n) is 10.4. The molecule has 2 aliphatic heterocycles. The molecule has 2 amide bonds. The van der Waals surface area contributed by atoms with Crippen LogP contribution in [0.4, 0.5) is 10.1 Å². The Labute approximate surface area is 180 Å². The molecule has 2 fully saturated rings. The number of nitrogens with zero attached hydrogens (tertiary/aromatic N) is 2. The van der Waals surface area contributed by atoms with Crippen LogP contribution in [0.5, 0.6) is 0 Å². The smallest absolute Gasteiger partial charge is 0.270 e. The van der Waals surface area contributed by atoms with Crippen molar-refractivity contribution in [2.24, 2.45) is 5.92 Å². The number of H-pyrrole nitrogens is 1. The summed E-state index contributed by atoms with van der Waals surface area (Å²) in [5.74, 6) is -1.75. The Balaban J connectivity index is 1.45. The summed E-state index contributed by atoms with van der Waals surface area (Å²) in [6.07, 6.45) is 4.24. The number of anilines is 1. The van der Waals surface area contributed by atoms with E-state index in [2.05, 4.69) is 10.3 Å². The molecule has 8 nitrogen and oxygen atoms in total. The number of carbonyl (C=O) groups is 2. The van der Waals surface area contributed by atoms with Crippen molar-refractivity contribution >= 4 is 27.5 Å². The van der Waals surface area contributed by atoms with E-state index < -0.39 is 27.7 Å². The van der Waals surface area contributed by atoms with Crippen LogP contribution in [-0.2, 0) is 14.8 Å². The maximum atomic E-state index is 13.8. The normalized spacial score (nSPS) is 20.0. The van der Waals surface area contributed by atoms with Crippen molar-refractivity contribution in [3.63, 3.8) is 0 Å². The summed E-state index contributed by atoms with van der Waals surface area (Å²) >= 11 is 0. The van der Waals surface area contributed by atoms with Gasteiger partial charge in [0.2, 0.25) is 15.9 Å². The molecular formula is C21H25FN4O4S. The number of hydrogen-bond donors (Lipinski definition) is 2. The highest BCUT2D eigenvalue weighted by molar-refractivity contribution is 7.89. The summed E-state index contributed by atoms with van der Waals surface area (Å²) in [7, 11) is -3.87. The molecular weight excluding hydrogens is 423 g/mol. The van der Waals surface area contributed by atoms with Gasteiger partial charge >= 0.3 is 0 Å².